The van der Waals surface area contributed by atoms with Gasteiger partial charge in [0.25, 0.3) is 0 Å². The van der Waals surface area contributed by atoms with E-state index in [-0.39, 0.29) is 5.78 Å². The van der Waals surface area contributed by atoms with Crippen molar-refractivity contribution in [2.45, 2.75) is 6.42 Å². The molecule has 0 bridgehead atoms. The van der Waals surface area contributed by atoms with E-state index in [0.29, 0.717) is 24.7 Å². The molecule has 4 heteroatoms. The maximum absolute atomic E-state index is 11.9. The number of nitrogens with two attached hydrogens (primary N) is 1. The number of Topliss-reactive ketones (excluding diaryl/α,β-unsaturated/α-hetero) is 1. The molecule has 1 aliphatic heterocycles. The zero-order chi connectivity index (χ0) is 11.4. The highest BCUT2D eigenvalue weighted by molar-refractivity contribution is 5.95. The van der Waals surface area contributed by atoms with E-state index in [4.69, 9.17) is 5.73 Å². The van der Waals surface area contributed by atoms with Crippen molar-refractivity contribution < 1.29 is 4.79 Å². The van der Waals surface area contributed by atoms with Crippen LogP contribution >= 0.6 is 0 Å². The predicted octanol–water partition coefficient (Wildman–Crippen LogP) is 0.545. The largest absolute Gasteiger partial charge is 0.330 e. The predicted molar refractivity (Wildman–Crippen MR) is 62.2 cm³/mol. The third-order valence-corrected chi connectivity index (χ3v) is 3.02. The molecule has 1 aromatic rings. The fraction of sp³-hybridized carbons (Fsp3) is 0.500. The first-order valence-electron chi connectivity index (χ1n) is 5.66. The van der Waals surface area contributed by atoms with Gasteiger partial charge in [-0.05, 0) is 37.6 Å². The molecular weight excluding hydrogens is 202 g/mol. The van der Waals surface area contributed by atoms with Gasteiger partial charge in [-0.25, -0.2) is 0 Å². The van der Waals surface area contributed by atoms with Crippen molar-refractivity contribution in [2.24, 2.45) is 11.7 Å². The van der Waals surface area contributed by atoms with E-state index in [2.05, 4.69) is 9.88 Å². The highest BCUT2D eigenvalue weighted by Crippen LogP contribution is 2.14. The molecule has 86 valence electrons. The van der Waals surface area contributed by atoms with Crippen LogP contribution in [0.1, 0.15) is 16.9 Å². The molecule has 1 saturated heterocycles. The third-order valence-electron chi connectivity index (χ3n) is 3.02. The lowest BCUT2D eigenvalue weighted by atomic mass is 10.1. The lowest BCUT2D eigenvalue weighted by molar-refractivity contribution is 0.0938. The minimum atomic E-state index is 0.0956. The van der Waals surface area contributed by atoms with Crippen LogP contribution < -0.4 is 5.73 Å². The van der Waals surface area contributed by atoms with Crippen molar-refractivity contribution in [1.82, 2.24) is 9.88 Å². The Morgan fingerprint density at radius 1 is 1.56 bits per heavy atom. The molecule has 1 fully saturated rings. The van der Waals surface area contributed by atoms with E-state index in [1.165, 1.54) is 0 Å². The molecule has 2 rings (SSSR count). The number of hydrogen-bond donors (Lipinski definition) is 1. The monoisotopic (exact) mass is 219 g/mol. The maximum Gasteiger partial charge on any atom is 0.195 e. The molecule has 0 saturated carbocycles. The molecule has 0 aliphatic carbocycles. The van der Waals surface area contributed by atoms with Crippen molar-refractivity contribution >= 4 is 5.78 Å². The van der Waals surface area contributed by atoms with E-state index in [1.807, 2.05) is 12.1 Å². The fourth-order valence-electron chi connectivity index (χ4n) is 2.06. The van der Waals surface area contributed by atoms with E-state index < -0.39 is 0 Å². The van der Waals surface area contributed by atoms with Crippen molar-refractivity contribution in [3.8, 4) is 0 Å². The summed E-state index contributed by atoms with van der Waals surface area (Å²) in [7, 11) is 0. The van der Waals surface area contributed by atoms with Crippen molar-refractivity contribution in [3.05, 3.63) is 30.1 Å². The summed E-state index contributed by atoms with van der Waals surface area (Å²) in [4.78, 5) is 18.1. The van der Waals surface area contributed by atoms with E-state index >= 15 is 0 Å². The van der Waals surface area contributed by atoms with E-state index in [9.17, 15) is 4.79 Å². The molecule has 0 amide bonds. The highest BCUT2D eigenvalue weighted by Gasteiger charge is 2.23. The second-order valence-corrected chi connectivity index (χ2v) is 4.26. The Hall–Kier alpha value is -1.26. The van der Waals surface area contributed by atoms with Gasteiger partial charge in [-0.2, -0.15) is 0 Å². The van der Waals surface area contributed by atoms with Gasteiger partial charge in [-0.1, -0.05) is 6.07 Å². The molecule has 1 atom stereocenters. The number of carbonyl (C=O) groups excluding carboxylic acids is 1. The lowest BCUT2D eigenvalue weighted by Gasteiger charge is -2.13. The minimum Gasteiger partial charge on any atom is -0.330 e. The molecule has 0 radical (unpaired) electrons. The Morgan fingerprint density at radius 3 is 3.06 bits per heavy atom. The number of hydrogen-bond acceptors (Lipinski definition) is 4. The summed E-state index contributed by atoms with van der Waals surface area (Å²) >= 11 is 0. The van der Waals surface area contributed by atoms with Gasteiger partial charge >= 0.3 is 0 Å². The second-order valence-electron chi connectivity index (χ2n) is 4.26. The summed E-state index contributed by atoms with van der Waals surface area (Å²) in [6.45, 7) is 3.09. The van der Waals surface area contributed by atoms with Crippen LogP contribution in [0.3, 0.4) is 0 Å². The number of aromatic nitrogens is 1. The molecule has 1 unspecified atom stereocenters. The van der Waals surface area contributed by atoms with Crippen LogP contribution in [0.25, 0.3) is 0 Å². The van der Waals surface area contributed by atoms with Crippen LogP contribution in [-0.4, -0.2) is 41.8 Å². The molecular formula is C12H17N3O. The summed E-state index contributed by atoms with van der Waals surface area (Å²) in [6, 6.07) is 5.42. The Labute approximate surface area is 95.5 Å². The molecule has 2 N–H and O–H groups in total. The quantitative estimate of drug-likeness (QED) is 0.751. The van der Waals surface area contributed by atoms with Crippen LogP contribution in [0.4, 0.5) is 0 Å². The zero-order valence-corrected chi connectivity index (χ0v) is 9.30. The highest BCUT2D eigenvalue weighted by atomic mass is 16.1. The molecule has 16 heavy (non-hydrogen) atoms. The smallest absolute Gasteiger partial charge is 0.195 e. The standard InChI is InChI=1S/C12H17N3O/c13-7-10-4-6-15(8-10)9-12(16)11-3-1-2-5-14-11/h1-3,5,10H,4,6-9,13H2. The number of pyridine rings is 1. The summed E-state index contributed by atoms with van der Waals surface area (Å²) in [5.74, 6) is 0.648. The van der Waals surface area contributed by atoms with Crippen molar-refractivity contribution in [1.29, 1.82) is 0 Å². The number of nitrogens with zero attached hydrogens (tertiary/aromatic N) is 2. The number of likely N-dealkylation sites (tertiary alicyclic amines) is 1. The van der Waals surface area contributed by atoms with Crippen LogP contribution in [0.2, 0.25) is 0 Å². The van der Waals surface area contributed by atoms with Crippen molar-refractivity contribution in [3.63, 3.8) is 0 Å². The first-order valence-corrected chi connectivity index (χ1v) is 5.66. The Bertz CT molecular complexity index is 353. The zero-order valence-electron chi connectivity index (χ0n) is 9.30. The second kappa shape index (κ2) is 5.18. The number of carbonyl (C=O) groups is 1. The summed E-state index contributed by atoms with van der Waals surface area (Å²) < 4.78 is 0. The average molecular weight is 219 g/mol. The first kappa shape index (κ1) is 11.2. The van der Waals surface area contributed by atoms with Crippen molar-refractivity contribution in [2.75, 3.05) is 26.2 Å². The lowest BCUT2D eigenvalue weighted by Crippen LogP contribution is -2.29. The Morgan fingerprint density at radius 2 is 2.44 bits per heavy atom. The molecule has 1 aliphatic rings. The van der Waals surface area contributed by atoms with Crippen LogP contribution in [0, 0.1) is 5.92 Å². The summed E-state index contributed by atoms with van der Waals surface area (Å²) in [5.41, 5.74) is 6.17. The normalized spacial score (nSPS) is 21.2. The van der Waals surface area contributed by atoms with Gasteiger partial charge in [0.2, 0.25) is 0 Å². The Kier molecular flexibility index (Phi) is 3.64. The molecule has 2 heterocycles. The molecule has 4 nitrogen and oxygen atoms in total. The SMILES string of the molecule is NCC1CCN(CC(=O)c2ccccn2)C1. The summed E-state index contributed by atoms with van der Waals surface area (Å²) in [6.07, 6.45) is 2.76. The van der Waals surface area contributed by atoms with Gasteiger partial charge in [-0.3, -0.25) is 14.7 Å². The van der Waals surface area contributed by atoms with Crippen LogP contribution in [-0.2, 0) is 0 Å². The van der Waals surface area contributed by atoms with Gasteiger partial charge in [0, 0.05) is 12.7 Å². The third kappa shape index (κ3) is 2.65. The minimum absolute atomic E-state index is 0.0956. The van der Waals surface area contributed by atoms with E-state index in [1.54, 1.807) is 12.3 Å². The van der Waals surface area contributed by atoms with Gasteiger partial charge in [0.1, 0.15) is 5.69 Å². The first-order chi connectivity index (χ1) is 7.79. The van der Waals surface area contributed by atoms with Gasteiger partial charge in [0.15, 0.2) is 5.78 Å². The fourth-order valence-corrected chi connectivity index (χ4v) is 2.06. The van der Waals surface area contributed by atoms with Gasteiger partial charge in [-0.15, -0.1) is 0 Å². The Balaban J connectivity index is 1.89. The molecule has 0 spiro atoms. The average Bonchev–Trinajstić information content (AvgIpc) is 2.78. The number of rotatable bonds is 4. The number of ketones is 1. The maximum atomic E-state index is 11.9. The van der Waals surface area contributed by atoms with Crippen LogP contribution in [0.15, 0.2) is 24.4 Å². The topological polar surface area (TPSA) is 59.2 Å². The van der Waals surface area contributed by atoms with Gasteiger partial charge in [0.05, 0.1) is 6.54 Å². The van der Waals surface area contributed by atoms with E-state index in [0.717, 1.165) is 19.5 Å². The molecule has 1 aromatic heterocycles. The van der Waals surface area contributed by atoms with Crippen LogP contribution in [0.5, 0.6) is 0 Å². The summed E-state index contributed by atoms with van der Waals surface area (Å²) in [5, 5.41) is 0. The molecule has 0 aromatic carbocycles. The van der Waals surface area contributed by atoms with Gasteiger partial charge < -0.3 is 5.73 Å².